The van der Waals surface area contributed by atoms with Crippen molar-refractivity contribution in [3.05, 3.63) is 0 Å². The van der Waals surface area contributed by atoms with Gasteiger partial charge in [-0.05, 0) is 27.9 Å². The van der Waals surface area contributed by atoms with Crippen LogP contribution < -0.4 is 4.72 Å². The molecule has 0 amide bonds. The molecule has 0 aromatic carbocycles. The van der Waals surface area contributed by atoms with Crippen molar-refractivity contribution in [2.75, 3.05) is 33.0 Å². The first-order chi connectivity index (χ1) is 6.21. The Bertz CT molecular complexity index is 260. The van der Waals surface area contributed by atoms with Crippen molar-refractivity contribution in [1.29, 1.82) is 0 Å². The molecule has 14 heavy (non-hydrogen) atoms. The van der Waals surface area contributed by atoms with Gasteiger partial charge >= 0.3 is 0 Å². The molecule has 0 radical (unpaired) electrons. The highest BCUT2D eigenvalue weighted by atomic mass is 32.2. The predicted molar refractivity (Wildman–Crippen MR) is 56.6 cm³/mol. The van der Waals surface area contributed by atoms with Gasteiger partial charge in [0.2, 0.25) is 10.0 Å². The second-order valence-electron chi connectivity index (χ2n) is 4.07. The van der Waals surface area contributed by atoms with E-state index in [1.54, 1.807) is 0 Å². The summed E-state index contributed by atoms with van der Waals surface area (Å²) in [7, 11) is 0.453. The van der Waals surface area contributed by atoms with Crippen LogP contribution in [0.15, 0.2) is 0 Å². The molecule has 0 aromatic heterocycles. The number of nitrogens with zero attached hydrogens (tertiary/aromatic N) is 1. The third-order valence-corrected chi connectivity index (χ3v) is 3.60. The van der Waals surface area contributed by atoms with Crippen molar-refractivity contribution in [3.8, 4) is 0 Å². The highest BCUT2D eigenvalue weighted by molar-refractivity contribution is 7.89. The Morgan fingerprint density at radius 2 is 1.86 bits per heavy atom. The van der Waals surface area contributed by atoms with Crippen LogP contribution in [0.5, 0.6) is 0 Å². The van der Waals surface area contributed by atoms with E-state index in [0.29, 0.717) is 6.54 Å². The summed E-state index contributed by atoms with van der Waals surface area (Å²) < 4.78 is 24.9. The van der Waals surface area contributed by atoms with Gasteiger partial charge in [0.1, 0.15) is 0 Å². The highest BCUT2D eigenvalue weighted by Gasteiger charge is 2.22. The molecule has 0 bridgehead atoms. The van der Waals surface area contributed by atoms with Crippen LogP contribution in [0.3, 0.4) is 0 Å². The zero-order chi connectivity index (χ0) is 11.4. The molecule has 0 aliphatic heterocycles. The van der Waals surface area contributed by atoms with Gasteiger partial charge in [0.15, 0.2) is 0 Å². The lowest BCUT2D eigenvalue weighted by atomic mass is 10.1. The Morgan fingerprint density at radius 1 is 1.36 bits per heavy atom. The van der Waals surface area contributed by atoms with E-state index in [2.05, 4.69) is 4.72 Å². The standard InChI is InChI=1S/C8H20N2O3S/c1-8(2,10(3)4)7-9-14(12,13)6-5-11/h9,11H,5-7H2,1-4H3. The predicted octanol–water partition coefficient (Wildman–Crippen LogP) is -0.762. The fourth-order valence-electron chi connectivity index (χ4n) is 0.637. The van der Waals surface area contributed by atoms with E-state index < -0.39 is 10.0 Å². The van der Waals surface area contributed by atoms with Crippen molar-refractivity contribution in [2.24, 2.45) is 0 Å². The van der Waals surface area contributed by atoms with E-state index in [-0.39, 0.29) is 17.9 Å². The average molecular weight is 224 g/mol. The lowest BCUT2D eigenvalue weighted by Gasteiger charge is -2.32. The minimum absolute atomic E-state index is 0.234. The van der Waals surface area contributed by atoms with Crippen molar-refractivity contribution < 1.29 is 13.5 Å². The Labute approximate surface area is 86.2 Å². The molecule has 0 saturated carbocycles. The summed E-state index contributed by atoms with van der Waals surface area (Å²) >= 11 is 0. The van der Waals surface area contributed by atoms with Crippen molar-refractivity contribution >= 4 is 10.0 Å². The molecule has 5 nitrogen and oxygen atoms in total. The molecule has 0 atom stereocenters. The molecular formula is C8H20N2O3S. The van der Waals surface area contributed by atoms with Crippen LogP contribution in [0.4, 0.5) is 0 Å². The third kappa shape index (κ3) is 4.90. The van der Waals surface area contributed by atoms with Crippen LogP contribution in [0.1, 0.15) is 13.8 Å². The quantitative estimate of drug-likeness (QED) is 0.622. The van der Waals surface area contributed by atoms with Gasteiger partial charge in [-0.15, -0.1) is 0 Å². The summed E-state index contributed by atoms with van der Waals surface area (Å²) in [5.41, 5.74) is -0.234. The van der Waals surface area contributed by atoms with E-state index in [4.69, 9.17) is 5.11 Å². The first kappa shape index (κ1) is 13.8. The molecule has 0 aromatic rings. The Morgan fingerprint density at radius 3 is 2.21 bits per heavy atom. The smallest absolute Gasteiger partial charge is 0.213 e. The number of likely N-dealkylation sites (N-methyl/N-ethyl adjacent to an activating group) is 1. The average Bonchev–Trinajstić information content (AvgIpc) is 2.01. The summed E-state index contributed by atoms with van der Waals surface area (Å²) in [5, 5.41) is 8.51. The number of nitrogens with one attached hydrogen (secondary N) is 1. The van der Waals surface area contributed by atoms with Gasteiger partial charge in [0.25, 0.3) is 0 Å². The summed E-state index contributed by atoms with van der Waals surface area (Å²) in [5.74, 6) is -0.240. The number of aliphatic hydroxyl groups excluding tert-OH is 1. The highest BCUT2D eigenvalue weighted by Crippen LogP contribution is 2.08. The molecule has 0 heterocycles. The number of aliphatic hydroxyl groups is 1. The zero-order valence-electron chi connectivity index (χ0n) is 9.24. The van der Waals surface area contributed by atoms with Gasteiger partial charge in [-0.3, -0.25) is 0 Å². The van der Waals surface area contributed by atoms with E-state index in [0.717, 1.165) is 0 Å². The maximum atomic E-state index is 11.2. The van der Waals surface area contributed by atoms with Gasteiger partial charge in [0.05, 0.1) is 12.4 Å². The zero-order valence-corrected chi connectivity index (χ0v) is 10.1. The monoisotopic (exact) mass is 224 g/mol. The number of rotatable bonds is 6. The molecule has 0 aliphatic rings. The first-order valence-electron chi connectivity index (χ1n) is 4.47. The summed E-state index contributed by atoms with van der Waals surface area (Å²) in [6, 6.07) is 0. The van der Waals surface area contributed by atoms with Crippen LogP contribution in [-0.2, 0) is 10.0 Å². The van der Waals surface area contributed by atoms with Crippen LogP contribution in [0.2, 0.25) is 0 Å². The van der Waals surface area contributed by atoms with Crippen LogP contribution in [0, 0.1) is 0 Å². The fourth-order valence-corrected chi connectivity index (χ4v) is 1.59. The van der Waals surface area contributed by atoms with Gasteiger partial charge < -0.3 is 10.0 Å². The van der Waals surface area contributed by atoms with Crippen molar-refractivity contribution in [3.63, 3.8) is 0 Å². The maximum Gasteiger partial charge on any atom is 0.213 e. The van der Waals surface area contributed by atoms with Gasteiger partial charge in [0, 0.05) is 12.1 Å². The molecular weight excluding hydrogens is 204 g/mol. The molecule has 0 rings (SSSR count). The maximum absolute atomic E-state index is 11.2. The third-order valence-electron chi connectivity index (χ3n) is 2.30. The Hall–Kier alpha value is -0.170. The Balaban J connectivity index is 4.19. The summed E-state index contributed by atoms with van der Waals surface area (Å²) in [6.45, 7) is 3.86. The minimum atomic E-state index is -3.33. The van der Waals surface area contributed by atoms with E-state index in [1.807, 2.05) is 32.8 Å². The minimum Gasteiger partial charge on any atom is -0.395 e. The van der Waals surface area contributed by atoms with E-state index in [1.165, 1.54) is 0 Å². The fraction of sp³-hybridized carbons (Fsp3) is 1.00. The largest absolute Gasteiger partial charge is 0.395 e. The second kappa shape index (κ2) is 5.06. The van der Waals surface area contributed by atoms with Gasteiger partial charge in [-0.25, -0.2) is 13.1 Å². The molecule has 6 heteroatoms. The SMILES string of the molecule is CN(C)C(C)(C)CNS(=O)(=O)CCO. The molecule has 2 N–H and O–H groups in total. The molecule has 0 aliphatic carbocycles. The van der Waals surface area contributed by atoms with Crippen LogP contribution in [0.25, 0.3) is 0 Å². The van der Waals surface area contributed by atoms with Crippen molar-refractivity contribution in [1.82, 2.24) is 9.62 Å². The summed E-state index contributed by atoms with van der Waals surface area (Å²) in [6.07, 6.45) is 0. The van der Waals surface area contributed by atoms with E-state index >= 15 is 0 Å². The molecule has 86 valence electrons. The number of hydrogen-bond acceptors (Lipinski definition) is 4. The topological polar surface area (TPSA) is 69.6 Å². The lowest BCUT2D eigenvalue weighted by molar-refractivity contribution is 0.198. The van der Waals surface area contributed by atoms with Crippen molar-refractivity contribution in [2.45, 2.75) is 19.4 Å². The normalized spacial score (nSPS) is 13.6. The second-order valence-corrected chi connectivity index (χ2v) is 6.00. The Kier molecular flexibility index (Phi) is 5.00. The van der Waals surface area contributed by atoms with Crippen LogP contribution in [-0.4, -0.2) is 57.0 Å². The number of sulfonamides is 1. The molecule has 0 fully saturated rings. The lowest BCUT2D eigenvalue weighted by Crippen LogP contribution is -2.48. The molecule has 0 saturated heterocycles. The number of hydrogen-bond donors (Lipinski definition) is 2. The molecule has 0 unspecified atom stereocenters. The van der Waals surface area contributed by atoms with E-state index in [9.17, 15) is 8.42 Å². The first-order valence-corrected chi connectivity index (χ1v) is 6.12. The van der Waals surface area contributed by atoms with Gasteiger partial charge in [-0.1, -0.05) is 0 Å². The summed E-state index contributed by atoms with van der Waals surface area (Å²) in [4.78, 5) is 1.94. The molecule has 0 spiro atoms. The van der Waals surface area contributed by atoms with Gasteiger partial charge in [-0.2, -0.15) is 0 Å². The van der Waals surface area contributed by atoms with Crippen LogP contribution >= 0.6 is 0 Å².